The van der Waals surface area contributed by atoms with Crippen molar-refractivity contribution in [3.8, 4) is 0 Å². The number of nitrogens with zero attached hydrogens (tertiary/aromatic N) is 2. The van der Waals surface area contributed by atoms with Crippen LogP contribution in [0.3, 0.4) is 0 Å². The van der Waals surface area contributed by atoms with Crippen LogP contribution >= 0.6 is 0 Å². The van der Waals surface area contributed by atoms with Crippen molar-refractivity contribution in [3.63, 3.8) is 0 Å². The number of aliphatic hydroxyl groups is 2. The fourth-order valence-electron chi connectivity index (χ4n) is 10.2. The van der Waals surface area contributed by atoms with E-state index in [4.69, 9.17) is 9.47 Å². The molecule has 0 spiro atoms. The van der Waals surface area contributed by atoms with Crippen LogP contribution in [0.4, 0.5) is 0 Å². The van der Waals surface area contributed by atoms with Gasteiger partial charge in [-0.2, -0.15) is 0 Å². The summed E-state index contributed by atoms with van der Waals surface area (Å²) < 4.78 is 11.7. The zero-order valence-electron chi connectivity index (χ0n) is 38.3. The number of aliphatic hydroxyl groups excluding tert-OH is 2. The van der Waals surface area contributed by atoms with Gasteiger partial charge >= 0.3 is 0 Å². The van der Waals surface area contributed by atoms with E-state index >= 15 is 0 Å². The summed E-state index contributed by atoms with van der Waals surface area (Å²) in [6.45, 7) is 16.7. The molecule has 5 aromatic carbocycles. The Balaban J connectivity index is 1.14. The molecule has 2 aliphatic rings. The number of benzene rings is 5. The molecule has 8 heteroatoms. The van der Waals surface area contributed by atoms with E-state index in [1.807, 2.05) is 0 Å². The molecule has 2 heterocycles. The number of rotatable bonds is 22. The Morgan fingerprint density at radius 3 is 1.24 bits per heavy atom. The van der Waals surface area contributed by atoms with Crippen LogP contribution in [0.1, 0.15) is 98.4 Å². The lowest BCUT2D eigenvalue weighted by molar-refractivity contribution is 0.0722. The summed E-state index contributed by atoms with van der Waals surface area (Å²) in [6.07, 6.45) is 9.07. The molecular formula is C54H72B2N2O4. The van der Waals surface area contributed by atoms with Crippen LogP contribution < -0.4 is 0 Å². The highest BCUT2D eigenvalue weighted by atomic mass is 16.5. The molecular weight excluding hydrogens is 762 g/mol. The van der Waals surface area contributed by atoms with E-state index in [0.717, 1.165) is 64.8 Å². The normalized spacial score (nSPS) is 18.6. The topological polar surface area (TPSA) is 65.4 Å². The quantitative estimate of drug-likeness (QED) is 0.0412. The van der Waals surface area contributed by atoms with Gasteiger partial charge in [-0.3, -0.25) is 9.80 Å². The molecule has 2 aliphatic heterocycles. The van der Waals surface area contributed by atoms with Gasteiger partial charge in [-0.1, -0.05) is 150 Å². The van der Waals surface area contributed by atoms with Crippen molar-refractivity contribution in [1.29, 1.82) is 0 Å². The van der Waals surface area contributed by atoms with Crippen molar-refractivity contribution < 1.29 is 19.7 Å². The van der Waals surface area contributed by atoms with Crippen LogP contribution in [0.15, 0.2) is 97.1 Å². The SMILES string of the molecule is CC1(C)C[B]C(c2ccccc2CN(CCOCCO)CCc2c3ccccc3c(CCN(CCOCCO)Cc3ccccc3C3[B]CC(C)(C)CC3)c3ccccc23)CC1. The van der Waals surface area contributed by atoms with Crippen molar-refractivity contribution in [2.45, 2.75) is 104 Å². The molecule has 0 amide bonds. The number of hydrogen-bond donors (Lipinski definition) is 2. The van der Waals surface area contributed by atoms with Crippen LogP contribution in [0.2, 0.25) is 12.6 Å². The molecule has 0 saturated carbocycles. The molecule has 0 aromatic heterocycles. The maximum atomic E-state index is 9.47. The number of fused-ring (bicyclic) bond motifs is 2. The van der Waals surface area contributed by atoms with Gasteiger partial charge in [0.2, 0.25) is 0 Å². The number of hydrogen-bond acceptors (Lipinski definition) is 6. The zero-order chi connectivity index (χ0) is 43.4. The van der Waals surface area contributed by atoms with E-state index in [1.54, 1.807) is 0 Å². The molecule has 2 N–H and O–H groups in total. The molecule has 0 bridgehead atoms. The van der Waals surface area contributed by atoms with E-state index in [9.17, 15) is 10.2 Å². The van der Waals surface area contributed by atoms with Gasteiger partial charge in [0.05, 0.1) is 39.6 Å². The maximum Gasteiger partial charge on any atom is 0.120 e. The fraction of sp³-hybridized carbons (Fsp3) is 0.519. The monoisotopic (exact) mass is 835 g/mol. The Bertz CT molecular complexity index is 1950. The summed E-state index contributed by atoms with van der Waals surface area (Å²) in [5, 5.41) is 24.3. The molecule has 328 valence electrons. The fourth-order valence-corrected chi connectivity index (χ4v) is 10.2. The van der Waals surface area contributed by atoms with E-state index in [2.05, 4.69) is 149 Å². The lowest BCUT2D eigenvalue weighted by Crippen LogP contribution is -2.31. The maximum absolute atomic E-state index is 9.47. The lowest BCUT2D eigenvalue weighted by Gasteiger charge is -2.35. The molecule has 7 rings (SSSR count). The Labute approximate surface area is 374 Å². The summed E-state index contributed by atoms with van der Waals surface area (Å²) >= 11 is 0. The van der Waals surface area contributed by atoms with Gasteiger partial charge in [0.1, 0.15) is 14.6 Å². The third kappa shape index (κ3) is 12.4. The van der Waals surface area contributed by atoms with Crippen molar-refractivity contribution >= 4 is 36.1 Å². The first-order valence-electron chi connectivity index (χ1n) is 23.7. The molecule has 2 saturated heterocycles. The third-order valence-electron chi connectivity index (χ3n) is 14.0. The second-order valence-electron chi connectivity index (χ2n) is 19.7. The summed E-state index contributed by atoms with van der Waals surface area (Å²) in [5.74, 6) is 0.989. The third-order valence-corrected chi connectivity index (χ3v) is 14.0. The van der Waals surface area contributed by atoms with Crippen molar-refractivity contribution in [2.24, 2.45) is 10.8 Å². The van der Waals surface area contributed by atoms with E-state index in [1.165, 1.54) is 80.6 Å². The number of ether oxygens (including phenoxy) is 2. The first-order chi connectivity index (χ1) is 30.1. The molecule has 6 nitrogen and oxygen atoms in total. The average Bonchev–Trinajstić information content (AvgIpc) is 3.28. The van der Waals surface area contributed by atoms with Gasteiger partial charge in [0.25, 0.3) is 0 Å². The summed E-state index contributed by atoms with van der Waals surface area (Å²) in [5.41, 5.74) is 9.35. The average molecular weight is 835 g/mol. The van der Waals surface area contributed by atoms with E-state index in [0.29, 0.717) is 48.9 Å². The summed E-state index contributed by atoms with van der Waals surface area (Å²) in [7, 11) is 5.13. The highest BCUT2D eigenvalue weighted by molar-refractivity contribution is 6.38. The van der Waals surface area contributed by atoms with Gasteiger partial charge in [-0.15, -0.1) is 0 Å². The van der Waals surface area contributed by atoms with Gasteiger partial charge in [-0.25, -0.2) is 0 Å². The Kier molecular flexibility index (Phi) is 16.8. The second-order valence-corrected chi connectivity index (χ2v) is 19.7. The first-order valence-corrected chi connectivity index (χ1v) is 23.7. The van der Waals surface area contributed by atoms with Crippen LogP contribution in [0.25, 0.3) is 21.5 Å². The molecule has 2 atom stereocenters. The van der Waals surface area contributed by atoms with Crippen molar-refractivity contribution in [2.75, 3.05) is 65.8 Å². The van der Waals surface area contributed by atoms with Gasteiger partial charge in [0.15, 0.2) is 0 Å². The zero-order valence-corrected chi connectivity index (χ0v) is 38.3. The summed E-state index contributed by atoms with van der Waals surface area (Å²) in [6, 6.07) is 36.3. The minimum absolute atomic E-state index is 0.0430. The second kappa shape index (κ2) is 22.4. The molecule has 2 unspecified atom stereocenters. The molecule has 2 fully saturated rings. The van der Waals surface area contributed by atoms with Crippen LogP contribution in [0.5, 0.6) is 0 Å². The van der Waals surface area contributed by atoms with Gasteiger partial charge < -0.3 is 19.7 Å². The predicted octanol–water partition coefficient (Wildman–Crippen LogP) is 10.1. The lowest BCUT2D eigenvalue weighted by atomic mass is 9.47. The molecule has 5 aromatic rings. The Hall–Kier alpha value is -3.49. The largest absolute Gasteiger partial charge is 0.394 e. The Morgan fingerprint density at radius 1 is 0.516 bits per heavy atom. The van der Waals surface area contributed by atoms with Gasteiger partial charge in [-0.05, 0) is 103 Å². The first kappa shape index (κ1) is 46.5. The van der Waals surface area contributed by atoms with Gasteiger partial charge in [0, 0.05) is 39.3 Å². The van der Waals surface area contributed by atoms with Crippen molar-refractivity contribution in [1.82, 2.24) is 9.80 Å². The minimum atomic E-state index is 0.0430. The standard InChI is InChI=1S/C54H72B2N2O4/c1-53(2)25-21-51(55-39-53)43-15-7-5-13-41(43)37-57(29-33-61-35-31-59)27-23-49-45-17-9-11-19-47(45)50(48-20-12-10-18-46(48)49)24-28-58(30-34-62-36-32-60)38-42-14-6-8-16-44(42)52-22-26-54(3,4)40-56-52/h5-20,51-52,59-60H,21-40H2,1-4H3. The van der Waals surface area contributed by atoms with Crippen LogP contribution in [-0.2, 0) is 35.4 Å². The van der Waals surface area contributed by atoms with Crippen LogP contribution in [-0.4, -0.2) is 100 Å². The molecule has 62 heavy (non-hydrogen) atoms. The summed E-state index contributed by atoms with van der Waals surface area (Å²) in [4.78, 5) is 5.14. The van der Waals surface area contributed by atoms with E-state index < -0.39 is 0 Å². The highest BCUT2D eigenvalue weighted by Gasteiger charge is 2.31. The Morgan fingerprint density at radius 2 is 0.887 bits per heavy atom. The molecule has 0 aliphatic carbocycles. The minimum Gasteiger partial charge on any atom is -0.394 e. The van der Waals surface area contributed by atoms with E-state index in [-0.39, 0.29) is 13.2 Å². The van der Waals surface area contributed by atoms with Crippen molar-refractivity contribution in [3.05, 3.63) is 130 Å². The highest BCUT2D eigenvalue weighted by Crippen LogP contribution is 2.41. The predicted molar refractivity (Wildman–Crippen MR) is 261 cm³/mol. The smallest absolute Gasteiger partial charge is 0.120 e. The van der Waals surface area contributed by atoms with Crippen LogP contribution in [0, 0.1) is 10.8 Å². The molecule has 2 radical (unpaired) electrons.